The second kappa shape index (κ2) is 5.28. The van der Waals surface area contributed by atoms with Crippen molar-refractivity contribution in [3.8, 4) is 0 Å². The van der Waals surface area contributed by atoms with Gasteiger partial charge in [-0.1, -0.05) is 24.3 Å². The van der Waals surface area contributed by atoms with Crippen LogP contribution in [0, 0.1) is 0 Å². The lowest BCUT2D eigenvalue weighted by Gasteiger charge is -2.24. The molecule has 0 bridgehead atoms. The lowest BCUT2D eigenvalue weighted by Crippen LogP contribution is -2.41. The molecule has 22 heavy (non-hydrogen) atoms. The van der Waals surface area contributed by atoms with Gasteiger partial charge in [-0.3, -0.25) is 9.10 Å². The number of likely N-dealkylation sites (N-methyl/N-ethyl adjacent to an activating group) is 1. The predicted molar refractivity (Wildman–Crippen MR) is 86.4 cm³/mol. The van der Waals surface area contributed by atoms with Gasteiger partial charge in [0.15, 0.2) is 0 Å². The fraction of sp³-hybridized carbons (Fsp3) is 0.312. The molecule has 5 nitrogen and oxygen atoms in total. The number of benzene rings is 2. The molecule has 0 fully saturated rings. The van der Waals surface area contributed by atoms with E-state index in [0.29, 0.717) is 24.2 Å². The molecule has 0 radical (unpaired) electrons. The lowest BCUT2D eigenvalue weighted by molar-refractivity contribution is -0.129. The largest absolute Gasteiger partial charge is 0.342 e. The van der Waals surface area contributed by atoms with E-state index in [1.807, 2.05) is 32.0 Å². The Balaban J connectivity index is 2.08. The maximum Gasteiger partial charge on any atom is 0.265 e. The first-order chi connectivity index (χ1) is 10.5. The van der Waals surface area contributed by atoms with Crippen LogP contribution < -0.4 is 4.31 Å². The van der Waals surface area contributed by atoms with Crippen LogP contribution in [0.15, 0.2) is 41.3 Å². The van der Waals surface area contributed by atoms with Gasteiger partial charge in [-0.2, -0.15) is 0 Å². The summed E-state index contributed by atoms with van der Waals surface area (Å²) < 4.78 is 26.7. The van der Waals surface area contributed by atoms with Crippen molar-refractivity contribution in [2.75, 3.05) is 23.9 Å². The summed E-state index contributed by atoms with van der Waals surface area (Å²) in [4.78, 5) is 14.3. The van der Waals surface area contributed by atoms with Crippen LogP contribution >= 0.6 is 0 Å². The highest BCUT2D eigenvalue weighted by atomic mass is 32.2. The molecule has 2 aromatic carbocycles. The molecule has 0 saturated heterocycles. The molecule has 116 valence electrons. The summed E-state index contributed by atoms with van der Waals surface area (Å²) in [6.07, 6.45) is 0. The number of nitrogens with zero attached hydrogens (tertiary/aromatic N) is 2. The second-order valence-corrected chi connectivity index (χ2v) is 7.04. The van der Waals surface area contributed by atoms with E-state index in [0.717, 1.165) is 5.39 Å². The van der Waals surface area contributed by atoms with Crippen molar-refractivity contribution in [2.45, 2.75) is 18.7 Å². The zero-order valence-corrected chi connectivity index (χ0v) is 13.4. The van der Waals surface area contributed by atoms with Gasteiger partial charge in [0.2, 0.25) is 5.91 Å². The van der Waals surface area contributed by atoms with Crippen molar-refractivity contribution in [2.24, 2.45) is 0 Å². The van der Waals surface area contributed by atoms with E-state index in [2.05, 4.69) is 0 Å². The molecular weight excluding hydrogens is 300 g/mol. The molecule has 6 heteroatoms. The van der Waals surface area contributed by atoms with Gasteiger partial charge < -0.3 is 4.90 Å². The summed E-state index contributed by atoms with van der Waals surface area (Å²) >= 11 is 0. The van der Waals surface area contributed by atoms with Gasteiger partial charge >= 0.3 is 0 Å². The Morgan fingerprint density at radius 2 is 1.73 bits per heavy atom. The molecule has 1 amide bonds. The monoisotopic (exact) mass is 318 g/mol. The molecular formula is C16H18N2O3S. The Kier molecular flexibility index (Phi) is 3.56. The van der Waals surface area contributed by atoms with Crippen molar-refractivity contribution in [1.29, 1.82) is 0 Å². The molecule has 0 aliphatic carbocycles. The van der Waals surface area contributed by atoms with Gasteiger partial charge in [-0.15, -0.1) is 0 Å². The highest BCUT2D eigenvalue weighted by molar-refractivity contribution is 7.93. The standard InChI is InChI=1S/C16H18N2O3S/c1-3-17(4-2)15(19)11-18-13-9-5-7-12-8-6-10-14(16(12)13)22(18,20)21/h5-10H,3-4,11H2,1-2H3. The predicted octanol–water partition coefficient (Wildman–Crippen LogP) is 2.22. The molecule has 1 heterocycles. The molecule has 1 aliphatic heterocycles. The number of anilines is 1. The summed E-state index contributed by atoms with van der Waals surface area (Å²) in [7, 11) is -3.66. The van der Waals surface area contributed by atoms with Crippen LogP contribution in [0.1, 0.15) is 13.8 Å². The second-order valence-electron chi connectivity index (χ2n) is 5.21. The maximum absolute atomic E-state index is 12.8. The van der Waals surface area contributed by atoms with Gasteiger partial charge in [0.05, 0.1) is 10.6 Å². The number of amides is 1. The normalized spacial score (nSPS) is 15.3. The molecule has 0 saturated carbocycles. The van der Waals surface area contributed by atoms with Crippen LogP contribution in [0.4, 0.5) is 5.69 Å². The number of carbonyl (C=O) groups is 1. The smallest absolute Gasteiger partial charge is 0.265 e. The maximum atomic E-state index is 12.8. The van der Waals surface area contributed by atoms with Crippen molar-refractivity contribution >= 4 is 32.4 Å². The summed E-state index contributed by atoms with van der Waals surface area (Å²) in [5.41, 5.74) is 0.591. The van der Waals surface area contributed by atoms with E-state index in [1.165, 1.54) is 4.31 Å². The van der Waals surface area contributed by atoms with Crippen LogP contribution in [-0.2, 0) is 14.8 Å². The molecule has 0 spiro atoms. The Labute approximate surface area is 130 Å². The highest BCUT2D eigenvalue weighted by Crippen LogP contribution is 2.41. The SMILES string of the molecule is CCN(CC)C(=O)CN1c2cccc3cccc(c23)S1(=O)=O. The van der Waals surface area contributed by atoms with Gasteiger partial charge in [-0.05, 0) is 31.4 Å². The minimum Gasteiger partial charge on any atom is -0.342 e. The third-order valence-corrected chi connectivity index (χ3v) is 5.88. The van der Waals surface area contributed by atoms with E-state index in [-0.39, 0.29) is 17.3 Å². The molecule has 2 aromatic rings. The average molecular weight is 318 g/mol. The third kappa shape index (κ3) is 2.06. The van der Waals surface area contributed by atoms with Gasteiger partial charge in [0.1, 0.15) is 6.54 Å². The Morgan fingerprint density at radius 3 is 2.36 bits per heavy atom. The third-order valence-electron chi connectivity index (χ3n) is 4.08. The first kappa shape index (κ1) is 14.8. The molecule has 0 atom stereocenters. The minimum absolute atomic E-state index is 0.155. The van der Waals surface area contributed by atoms with E-state index in [9.17, 15) is 13.2 Å². The molecule has 0 N–H and O–H groups in total. The molecule has 3 rings (SSSR count). The van der Waals surface area contributed by atoms with Crippen LogP contribution in [-0.4, -0.2) is 38.9 Å². The first-order valence-electron chi connectivity index (χ1n) is 7.33. The zero-order chi connectivity index (χ0) is 15.9. The summed E-state index contributed by atoms with van der Waals surface area (Å²) in [5, 5.41) is 1.58. The average Bonchev–Trinajstić information content (AvgIpc) is 2.72. The fourth-order valence-corrected chi connectivity index (χ4v) is 4.59. The quantitative estimate of drug-likeness (QED) is 0.868. The molecule has 0 aromatic heterocycles. The van der Waals surface area contributed by atoms with Crippen molar-refractivity contribution in [3.05, 3.63) is 36.4 Å². The molecule has 0 unspecified atom stereocenters. The van der Waals surface area contributed by atoms with Crippen molar-refractivity contribution < 1.29 is 13.2 Å². The topological polar surface area (TPSA) is 57.7 Å². The zero-order valence-electron chi connectivity index (χ0n) is 12.6. The van der Waals surface area contributed by atoms with Crippen LogP contribution in [0.5, 0.6) is 0 Å². The minimum atomic E-state index is -3.66. The van der Waals surface area contributed by atoms with Gasteiger partial charge in [0, 0.05) is 18.5 Å². The summed E-state index contributed by atoms with van der Waals surface area (Å²) in [6.45, 7) is 4.75. The van der Waals surface area contributed by atoms with E-state index >= 15 is 0 Å². The molecule has 1 aliphatic rings. The van der Waals surface area contributed by atoms with E-state index in [4.69, 9.17) is 0 Å². The summed E-state index contributed by atoms with van der Waals surface area (Å²) in [5.74, 6) is -0.182. The van der Waals surface area contributed by atoms with E-state index < -0.39 is 10.0 Å². The number of sulfonamides is 1. The van der Waals surface area contributed by atoms with Crippen LogP contribution in [0.3, 0.4) is 0 Å². The Morgan fingerprint density at radius 1 is 1.09 bits per heavy atom. The highest BCUT2D eigenvalue weighted by Gasteiger charge is 2.37. The fourth-order valence-electron chi connectivity index (χ4n) is 2.93. The Hall–Kier alpha value is -2.08. The number of rotatable bonds is 4. The number of hydrogen-bond donors (Lipinski definition) is 0. The van der Waals surface area contributed by atoms with Crippen LogP contribution in [0.25, 0.3) is 10.8 Å². The summed E-state index contributed by atoms with van der Waals surface area (Å²) in [6, 6.07) is 10.7. The van der Waals surface area contributed by atoms with Gasteiger partial charge in [-0.25, -0.2) is 8.42 Å². The number of carbonyl (C=O) groups excluding carboxylic acids is 1. The lowest BCUT2D eigenvalue weighted by atomic mass is 10.1. The van der Waals surface area contributed by atoms with Crippen LogP contribution in [0.2, 0.25) is 0 Å². The first-order valence-corrected chi connectivity index (χ1v) is 8.77. The van der Waals surface area contributed by atoms with Crippen molar-refractivity contribution in [1.82, 2.24) is 4.90 Å². The number of hydrogen-bond acceptors (Lipinski definition) is 3. The Bertz CT molecular complexity index is 836. The van der Waals surface area contributed by atoms with E-state index in [1.54, 1.807) is 23.1 Å². The van der Waals surface area contributed by atoms with Gasteiger partial charge in [0.25, 0.3) is 10.0 Å². The van der Waals surface area contributed by atoms with Crippen molar-refractivity contribution in [3.63, 3.8) is 0 Å².